The summed E-state index contributed by atoms with van der Waals surface area (Å²) < 4.78 is 0. The Labute approximate surface area is 228 Å². The first kappa shape index (κ1) is 30.4. The number of aryl methyl sites for hydroxylation is 2. The summed E-state index contributed by atoms with van der Waals surface area (Å²) in [5.74, 6) is 0.126. The first-order valence-corrected chi connectivity index (χ1v) is 13.8. The van der Waals surface area contributed by atoms with Crippen LogP contribution in [0, 0.1) is 0 Å². The van der Waals surface area contributed by atoms with Crippen LogP contribution in [0.1, 0.15) is 48.5 Å². The summed E-state index contributed by atoms with van der Waals surface area (Å²) in [7, 11) is 0. The van der Waals surface area contributed by atoms with Crippen LogP contribution >= 0.6 is 22.7 Å². The molecule has 18 heteroatoms. The van der Waals surface area contributed by atoms with E-state index in [0.29, 0.717) is 49.3 Å². The van der Waals surface area contributed by atoms with E-state index in [9.17, 15) is 9.59 Å². The highest BCUT2D eigenvalue weighted by Gasteiger charge is 2.05. The second-order valence-corrected chi connectivity index (χ2v) is 10.2. The number of nitrogens with one attached hydrogen (secondary N) is 4. The van der Waals surface area contributed by atoms with Gasteiger partial charge in [0.15, 0.2) is 11.9 Å². The maximum Gasteiger partial charge on any atom is 0.321 e. The standard InChI is InChI=1S/C20H36N14O2S2/c21-15(25-11-5-7-13-31-33-17(23)37-13)29-19(35)27-9-3-1-2-4-10-28-20(36)30-16(22)26-12-6-8-14-32-34-18(24)38-14/h1-12H2,(H2,23,33)(H2,24,34)(H4,21,25,27,29,35)(H4,22,26,28,30,36). The molecular weight excluding hydrogens is 532 g/mol. The molecule has 38 heavy (non-hydrogen) atoms. The van der Waals surface area contributed by atoms with E-state index >= 15 is 0 Å². The predicted octanol–water partition coefficient (Wildman–Crippen LogP) is -0.0924. The van der Waals surface area contributed by atoms with Crippen LogP contribution in [0.5, 0.6) is 0 Å². The minimum absolute atomic E-state index is 0.0631. The lowest BCUT2D eigenvalue weighted by Gasteiger charge is -2.08. The van der Waals surface area contributed by atoms with Gasteiger partial charge in [0.1, 0.15) is 10.0 Å². The van der Waals surface area contributed by atoms with E-state index in [1.807, 2.05) is 0 Å². The number of guanidine groups is 2. The van der Waals surface area contributed by atoms with Crippen LogP contribution in [0.4, 0.5) is 19.9 Å². The molecule has 0 fully saturated rings. The van der Waals surface area contributed by atoms with Crippen molar-refractivity contribution in [3.8, 4) is 0 Å². The highest BCUT2D eigenvalue weighted by Crippen LogP contribution is 2.13. The fraction of sp³-hybridized carbons (Fsp3) is 0.600. The SMILES string of the molecule is NC(=NCCCc1nnc(N)s1)NC(=O)NCCCCCCNC(=O)NC(N)=NCCCc1nnc(N)s1. The number of aromatic nitrogens is 4. The molecule has 2 heterocycles. The van der Waals surface area contributed by atoms with Gasteiger partial charge in [-0.25, -0.2) is 9.59 Å². The number of nitrogen functional groups attached to an aromatic ring is 2. The van der Waals surface area contributed by atoms with Gasteiger partial charge >= 0.3 is 12.1 Å². The molecular formula is C20H36N14O2S2. The first-order chi connectivity index (χ1) is 18.3. The van der Waals surface area contributed by atoms with Gasteiger partial charge in [-0.3, -0.25) is 20.6 Å². The second-order valence-electron chi connectivity index (χ2n) is 7.99. The van der Waals surface area contributed by atoms with E-state index in [-0.39, 0.29) is 11.9 Å². The molecule has 0 saturated heterocycles. The number of rotatable bonds is 15. The Morgan fingerprint density at radius 2 is 1.08 bits per heavy atom. The average Bonchev–Trinajstić information content (AvgIpc) is 3.48. The molecule has 16 nitrogen and oxygen atoms in total. The molecule has 0 spiro atoms. The van der Waals surface area contributed by atoms with Gasteiger partial charge in [-0.2, -0.15) is 0 Å². The summed E-state index contributed by atoms with van der Waals surface area (Å²) in [6.45, 7) is 1.93. The zero-order valence-corrected chi connectivity index (χ0v) is 22.7. The highest BCUT2D eigenvalue weighted by molar-refractivity contribution is 7.15. The molecule has 2 rings (SSSR count). The third-order valence-corrected chi connectivity index (χ3v) is 6.41. The number of amides is 4. The van der Waals surface area contributed by atoms with E-state index in [0.717, 1.165) is 48.5 Å². The van der Waals surface area contributed by atoms with Gasteiger partial charge in [0.05, 0.1) is 0 Å². The molecule has 2 aromatic rings. The smallest absolute Gasteiger partial charge is 0.321 e. The third-order valence-electron chi connectivity index (χ3n) is 4.78. The normalized spacial score (nSPS) is 11.8. The zero-order chi connectivity index (χ0) is 27.6. The molecule has 210 valence electrons. The Balaban J connectivity index is 1.40. The molecule has 0 radical (unpaired) electrons. The summed E-state index contributed by atoms with van der Waals surface area (Å²) in [5.41, 5.74) is 22.5. The van der Waals surface area contributed by atoms with Gasteiger partial charge < -0.3 is 33.6 Å². The lowest BCUT2D eigenvalue weighted by atomic mass is 10.2. The average molecular weight is 569 g/mol. The van der Waals surface area contributed by atoms with Crippen molar-refractivity contribution in [2.24, 2.45) is 21.5 Å². The lowest BCUT2D eigenvalue weighted by molar-refractivity contribution is 0.243. The Hall–Kier alpha value is -3.80. The minimum atomic E-state index is -0.398. The molecule has 0 bridgehead atoms. The lowest BCUT2D eigenvalue weighted by Crippen LogP contribution is -2.44. The number of nitrogens with two attached hydrogens (primary N) is 4. The molecule has 0 unspecified atom stereocenters. The molecule has 0 aromatic carbocycles. The highest BCUT2D eigenvalue weighted by atomic mass is 32.1. The number of hydrogen-bond donors (Lipinski definition) is 8. The number of nitrogens with zero attached hydrogens (tertiary/aromatic N) is 6. The number of anilines is 2. The number of aliphatic imine (C=N–C) groups is 2. The minimum Gasteiger partial charge on any atom is -0.374 e. The van der Waals surface area contributed by atoms with Crippen LogP contribution in [0.3, 0.4) is 0 Å². The van der Waals surface area contributed by atoms with Gasteiger partial charge in [0, 0.05) is 39.0 Å². The summed E-state index contributed by atoms with van der Waals surface area (Å²) in [4.78, 5) is 31.9. The molecule has 4 amide bonds. The Morgan fingerprint density at radius 1 is 0.658 bits per heavy atom. The molecule has 0 aliphatic carbocycles. The fourth-order valence-corrected chi connectivity index (χ4v) is 4.30. The van der Waals surface area contributed by atoms with Crippen LogP contribution in [0.25, 0.3) is 0 Å². The topological polar surface area (TPSA) is 263 Å². The largest absolute Gasteiger partial charge is 0.374 e. The van der Waals surface area contributed by atoms with E-state index in [1.165, 1.54) is 22.7 Å². The summed E-state index contributed by atoms with van der Waals surface area (Å²) in [6, 6.07) is -0.795. The van der Waals surface area contributed by atoms with E-state index in [2.05, 4.69) is 51.6 Å². The van der Waals surface area contributed by atoms with Crippen LogP contribution in [-0.2, 0) is 12.8 Å². The Morgan fingerprint density at radius 3 is 1.45 bits per heavy atom. The fourth-order valence-electron chi connectivity index (χ4n) is 3.00. The molecule has 2 aromatic heterocycles. The summed E-state index contributed by atoms with van der Waals surface area (Å²) >= 11 is 2.68. The molecule has 0 aliphatic heterocycles. The molecule has 0 atom stereocenters. The van der Waals surface area contributed by atoms with Crippen molar-refractivity contribution >= 4 is 56.9 Å². The van der Waals surface area contributed by atoms with E-state index < -0.39 is 12.1 Å². The van der Waals surface area contributed by atoms with Crippen molar-refractivity contribution in [1.29, 1.82) is 0 Å². The van der Waals surface area contributed by atoms with Gasteiger partial charge in [0.25, 0.3) is 0 Å². The van der Waals surface area contributed by atoms with Crippen LogP contribution in [0.2, 0.25) is 0 Å². The number of carbonyl (C=O) groups excluding carboxylic acids is 2. The van der Waals surface area contributed by atoms with Gasteiger partial charge in [-0.1, -0.05) is 35.5 Å². The third kappa shape index (κ3) is 14.1. The zero-order valence-electron chi connectivity index (χ0n) is 21.1. The Bertz CT molecular complexity index is 972. The van der Waals surface area contributed by atoms with Crippen molar-refractivity contribution < 1.29 is 9.59 Å². The molecule has 0 aliphatic rings. The maximum absolute atomic E-state index is 11.9. The van der Waals surface area contributed by atoms with Crippen molar-refractivity contribution in [1.82, 2.24) is 41.7 Å². The second kappa shape index (κ2) is 17.6. The van der Waals surface area contributed by atoms with Gasteiger partial charge in [-0.15, -0.1) is 20.4 Å². The predicted molar refractivity (Wildman–Crippen MR) is 150 cm³/mol. The van der Waals surface area contributed by atoms with Gasteiger partial charge in [-0.05, 0) is 25.7 Å². The number of carbonyl (C=O) groups is 2. The van der Waals surface area contributed by atoms with Gasteiger partial charge in [0.2, 0.25) is 10.3 Å². The van der Waals surface area contributed by atoms with Crippen molar-refractivity contribution in [2.45, 2.75) is 51.4 Å². The monoisotopic (exact) mass is 568 g/mol. The van der Waals surface area contributed by atoms with Crippen LogP contribution in [0.15, 0.2) is 9.98 Å². The number of unbranched alkanes of at least 4 members (excludes halogenated alkanes) is 3. The van der Waals surface area contributed by atoms with E-state index in [4.69, 9.17) is 22.9 Å². The molecule has 12 N–H and O–H groups in total. The van der Waals surface area contributed by atoms with Crippen LogP contribution in [-0.4, -0.2) is 70.6 Å². The van der Waals surface area contributed by atoms with Crippen LogP contribution < -0.4 is 44.2 Å². The first-order valence-electron chi connectivity index (χ1n) is 12.2. The number of urea groups is 2. The maximum atomic E-state index is 11.9. The van der Waals surface area contributed by atoms with Crippen molar-refractivity contribution in [2.75, 3.05) is 37.6 Å². The van der Waals surface area contributed by atoms with Crippen molar-refractivity contribution in [3.63, 3.8) is 0 Å². The van der Waals surface area contributed by atoms with Crippen molar-refractivity contribution in [3.05, 3.63) is 10.0 Å². The number of hydrogen-bond acceptors (Lipinski definition) is 12. The Kier molecular flexibility index (Phi) is 14.1. The quantitative estimate of drug-likeness (QED) is 0.0803. The summed E-state index contributed by atoms with van der Waals surface area (Å²) in [6.07, 6.45) is 6.23. The molecule has 0 saturated carbocycles. The van der Waals surface area contributed by atoms with E-state index in [1.54, 1.807) is 0 Å². The summed E-state index contributed by atoms with van der Waals surface area (Å²) in [5, 5.41) is 28.4.